The van der Waals surface area contributed by atoms with Gasteiger partial charge in [-0.1, -0.05) is 43.7 Å². The van der Waals surface area contributed by atoms with Crippen LogP contribution in [0.1, 0.15) is 30.9 Å². The van der Waals surface area contributed by atoms with E-state index in [1.807, 2.05) is 45.0 Å². The van der Waals surface area contributed by atoms with Gasteiger partial charge in [-0.05, 0) is 43.5 Å². The molecule has 31 heavy (non-hydrogen) atoms. The maximum absolute atomic E-state index is 13.3. The first kappa shape index (κ1) is 20.7. The first-order chi connectivity index (χ1) is 14.9. The minimum Gasteiger partial charge on any atom is -0.449 e. The van der Waals surface area contributed by atoms with E-state index in [9.17, 15) is 14.4 Å². The summed E-state index contributed by atoms with van der Waals surface area (Å²) in [5, 5.41) is 3.55. The fourth-order valence-electron chi connectivity index (χ4n) is 3.89. The van der Waals surface area contributed by atoms with Crippen molar-refractivity contribution in [3.63, 3.8) is 0 Å². The Labute approximate surface area is 178 Å². The van der Waals surface area contributed by atoms with Crippen molar-refractivity contribution in [2.75, 3.05) is 5.32 Å². The summed E-state index contributed by atoms with van der Waals surface area (Å²) in [6.07, 6.45) is 1.51. The van der Waals surface area contributed by atoms with Crippen LogP contribution in [0.15, 0.2) is 56.5 Å². The molecule has 2 aromatic heterocycles. The molecule has 0 atom stereocenters. The molecule has 160 valence electrons. The molecule has 0 saturated carbocycles. The normalized spacial score (nSPS) is 11.3. The topological polar surface area (TPSA) is 86.2 Å². The van der Waals surface area contributed by atoms with Gasteiger partial charge in [0.2, 0.25) is 11.5 Å². The minimum atomic E-state index is -0.505. The monoisotopic (exact) mass is 419 g/mol. The van der Waals surface area contributed by atoms with Gasteiger partial charge in [0.1, 0.15) is 17.6 Å². The standard InChI is InChI=1S/C24H25N3O4/c1-4-5-13-26-23(29)22-21(17-11-6-7-12-18(17)31-22)27(24(26)30)14-19(28)25-20-15(2)9-8-10-16(20)3/h6-12H,4-5,13-14H2,1-3H3,(H,25,28). The van der Waals surface area contributed by atoms with Crippen LogP contribution in [0.25, 0.3) is 22.1 Å². The average Bonchev–Trinajstić information content (AvgIpc) is 3.14. The lowest BCUT2D eigenvalue weighted by Crippen LogP contribution is -2.41. The number of carbonyl (C=O) groups is 1. The van der Waals surface area contributed by atoms with Crippen LogP contribution in [0.3, 0.4) is 0 Å². The van der Waals surface area contributed by atoms with E-state index in [1.165, 1.54) is 9.13 Å². The number of carbonyl (C=O) groups excluding carboxylic acids is 1. The quantitative estimate of drug-likeness (QED) is 0.512. The maximum atomic E-state index is 13.3. The molecule has 4 rings (SSSR count). The summed E-state index contributed by atoms with van der Waals surface area (Å²) in [5.74, 6) is -0.341. The van der Waals surface area contributed by atoms with Crippen molar-refractivity contribution >= 4 is 33.7 Å². The third-order valence-corrected chi connectivity index (χ3v) is 5.52. The maximum Gasteiger partial charge on any atom is 0.332 e. The highest BCUT2D eigenvalue weighted by Gasteiger charge is 2.21. The summed E-state index contributed by atoms with van der Waals surface area (Å²) in [5.41, 5.74) is 2.59. The van der Waals surface area contributed by atoms with Gasteiger partial charge < -0.3 is 9.73 Å². The first-order valence-electron chi connectivity index (χ1n) is 10.4. The zero-order valence-electron chi connectivity index (χ0n) is 17.9. The number of anilines is 1. The summed E-state index contributed by atoms with van der Waals surface area (Å²) >= 11 is 0. The number of furan rings is 1. The van der Waals surface area contributed by atoms with Crippen LogP contribution < -0.4 is 16.6 Å². The molecular weight excluding hydrogens is 394 g/mol. The summed E-state index contributed by atoms with van der Waals surface area (Å²) in [4.78, 5) is 39.2. The summed E-state index contributed by atoms with van der Waals surface area (Å²) < 4.78 is 8.33. The Balaban J connectivity index is 1.86. The molecule has 1 N–H and O–H groups in total. The number of nitrogens with one attached hydrogen (secondary N) is 1. The van der Waals surface area contributed by atoms with Gasteiger partial charge in [0, 0.05) is 17.6 Å². The number of rotatable bonds is 6. The highest BCUT2D eigenvalue weighted by atomic mass is 16.3. The van der Waals surface area contributed by atoms with Crippen LogP contribution in [0.5, 0.6) is 0 Å². The van der Waals surface area contributed by atoms with E-state index in [1.54, 1.807) is 18.2 Å². The second-order valence-electron chi connectivity index (χ2n) is 7.77. The van der Waals surface area contributed by atoms with Gasteiger partial charge in [0.05, 0.1) is 0 Å². The van der Waals surface area contributed by atoms with E-state index < -0.39 is 11.2 Å². The highest BCUT2D eigenvalue weighted by Crippen LogP contribution is 2.26. The zero-order chi connectivity index (χ0) is 22.1. The number of para-hydroxylation sites is 2. The summed E-state index contributed by atoms with van der Waals surface area (Å²) in [6, 6.07) is 12.9. The van der Waals surface area contributed by atoms with E-state index in [0.717, 1.165) is 23.2 Å². The molecule has 0 fully saturated rings. The van der Waals surface area contributed by atoms with E-state index >= 15 is 0 Å². The van der Waals surface area contributed by atoms with Crippen molar-refractivity contribution in [3.05, 3.63) is 74.4 Å². The number of hydrogen-bond donors (Lipinski definition) is 1. The smallest absolute Gasteiger partial charge is 0.332 e. The second kappa shape index (κ2) is 8.26. The minimum absolute atomic E-state index is 0.0942. The van der Waals surface area contributed by atoms with Crippen LogP contribution in [0.2, 0.25) is 0 Å². The lowest BCUT2D eigenvalue weighted by atomic mass is 10.1. The van der Waals surface area contributed by atoms with Gasteiger partial charge in [0.25, 0.3) is 5.56 Å². The molecule has 0 spiro atoms. The van der Waals surface area contributed by atoms with E-state index in [-0.39, 0.29) is 24.6 Å². The molecule has 7 heteroatoms. The largest absolute Gasteiger partial charge is 0.449 e. The first-order valence-corrected chi connectivity index (χ1v) is 10.4. The molecule has 4 aromatic rings. The number of aryl methyl sites for hydroxylation is 2. The molecule has 0 radical (unpaired) electrons. The fraction of sp³-hybridized carbons (Fsp3) is 0.292. The van der Waals surface area contributed by atoms with Crippen molar-refractivity contribution in [1.82, 2.24) is 9.13 Å². The van der Waals surface area contributed by atoms with Crippen molar-refractivity contribution in [3.8, 4) is 0 Å². The van der Waals surface area contributed by atoms with Crippen LogP contribution in [0.4, 0.5) is 5.69 Å². The predicted octanol–water partition coefficient (Wildman–Crippen LogP) is 3.97. The van der Waals surface area contributed by atoms with Gasteiger partial charge in [0.15, 0.2) is 0 Å². The van der Waals surface area contributed by atoms with E-state index in [4.69, 9.17) is 4.42 Å². The molecule has 0 aliphatic heterocycles. The average molecular weight is 419 g/mol. The Morgan fingerprint density at radius 1 is 1.00 bits per heavy atom. The van der Waals surface area contributed by atoms with Crippen molar-refractivity contribution < 1.29 is 9.21 Å². The van der Waals surface area contributed by atoms with E-state index in [2.05, 4.69) is 5.32 Å². The molecule has 0 bridgehead atoms. The molecule has 1 amide bonds. The Morgan fingerprint density at radius 3 is 2.42 bits per heavy atom. The SMILES string of the molecule is CCCCn1c(=O)c2oc3ccccc3c2n(CC(=O)Nc2c(C)cccc2C)c1=O. The number of hydrogen-bond acceptors (Lipinski definition) is 4. The molecule has 7 nitrogen and oxygen atoms in total. The molecular formula is C24H25N3O4. The third-order valence-electron chi connectivity index (χ3n) is 5.52. The van der Waals surface area contributed by atoms with Gasteiger partial charge in [-0.3, -0.25) is 18.7 Å². The van der Waals surface area contributed by atoms with Gasteiger partial charge in [-0.25, -0.2) is 4.79 Å². The van der Waals surface area contributed by atoms with Crippen LogP contribution >= 0.6 is 0 Å². The van der Waals surface area contributed by atoms with Crippen LogP contribution in [-0.2, 0) is 17.9 Å². The van der Waals surface area contributed by atoms with Gasteiger partial charge in [-0.15, -0.1) is 0 Å². The van der Waals surface area contributed by atoms with Crippen LogP contribution in [0, 0.1) is 13.8 Å². The Bertz CT molecular complexity index is 1390. The fourth-order valence-corrected chi connectivity index (χ4v) is 3.89. The number of unbranched alkanes of at least 4 members (excludes halogenated alkanes) is 1. The lowest BCUT2D eigenvalue weighted by molar-refractivity contribution is -0.116. The molecule has 2 aromatic carbocycles. The summed E-state index contributed by atoms with van der Waals surface area (Å²) in [6.45, 7) is 5.88. The lowest BCUT2D eigenvalue weighted by Gasteiger charge is -2.14. The number of amides is 1. The van der Waals surface area contributed by atoms with E-state index in [0.29, 0.717) is 22.9 Å². The van der Waals surface area contributed by atoms with Gasteiger partial charge in [-0.2, -0.15) is 0 Å². The molecule has 0 unspecified atom stereocenters. The van der Waals surface area contributed by atoms with Gasteiger partial charge >= 0.3 is 5.69 Å². The molecule has 0 saturated heterocycles. The second-order valence-corrected chi connectivity index (χ2v) is 7.77. The third kappa shape index (κ3) is 3.67. The number of fused-ring (bicyclic) bond motifs is 3. The van der Waals surface area contributed by atoms with Crippen molar-refractivity contribution in [2.24, 2.45) is 0 Å². The Hall–Kier alpha value is -3.61. The van der Waals surface area contributed by atoms with Crippen LogP contribution in [-0.4, -0.2) is 15.0 Å². The molecule has 0 aliphatic rings. The number of benzene rings is 2. The zero-order valence-corrected chi connectivity index (χ0v) is 17.9. The summed E-state index contributed by atoms with van der Waals surface area (Å²) in [7, 11) is 0. The Morgan fingerprint density at radius 2 is 1.71 bits per heavy atom. The highest BCUT2D eigenvalue weighted by molar-refractivity contribution is 6.03. The molecule has 2 heterocycles. The predicted molar refractivity (Wildman–Crippen MR) is 122 cm³/mol. The molecule has 0 aliphatic carbocycles. The Kier molecular flexibility index (Phi) is 5.50. The number of aromatic nitrogens is 2. The van der Waals surface area contributed by atoms with Crippen molar-refractivity contribution in [1.29, 1.82) is 0 Å². The van der Waals surface area contributed by atoms with Crippen molar-refractivity contribution in [2.45, 2.75) is 46.7 Å². The number of nitrogens with zero attached hydrogens (tertiary/aromatic N) is 2.